The summed E-state index contributed by atoms with van der Waals surface area (Å²) in [4.78, 5) is 42.0. The lowest BCUT2D eigenvalue weighted by Gasteiger charge is -2.21. The molecule has 0 bridgehead atoms. The molecule has 0 aliphatic rings. The van der Waals surface area contributed by atoms with Gasteiger partial charge in [0.05, 0.1) is 16.6 Å². The number of nitrogens with zero attached hydrogens (tertiary/aromatic N) is 1. The number of thiazole rings is 1. The Labute approximate surface area is 259 Å². The first-order chi connectivity index (χ1) is 20.5. The molecule has 1 unspecified atom stereocenters. The topological polar surface area (TPSA) is 160 Å². The van der Waals surface area contributed by atoms with Gasteiger partial charge < -0.3 is 5.32 Å². The van der Waals surface area contributed by atoms with Crippen LogP contribution in [0.1, 0.15) is 27.9 Å². The summed E-state index contributed by atoms with van der Waals surface area (Å²) < 4.78 is 48.4. The molecule has 3 aromatic carbocycles. The molecule has 4 rings (SSSR count). The standard InChI is InChI=1S/C29H26ClN3O7S3/c30-21-8-12-23(13-9-21)43(39,40)18-28-31-26(17-41-28)25(15-20-6-10-22(11-7-20)33-42(37)38)32-29(36)24(27(35)16-34)14-19-4-2-1-3-5-19/h1-13,16-17,24-25,33H,14-15,18H2,(H,32,36)(H,37,38)/t24-,25+/m1/s1. The lowest BCUT2D eigenvalue weighted by atomic mass is 9.94. The third-order valence-electron chi connectivity index (χ3n) is 6.39. The van der Waals surface area contributed by atoms with Gasteiger partial charge in [-0.3, -0.25) is 23.7 Å². The molecule has 0 spiro atoms. The average Bonchev–Trinajstić information content (AvgIpc) is 3.44. The second-order valence-electron chi connectivity index (χ2n) is 9.46. The van der Waals surface area contributed by atoms with Crippen molar-refractivity contribution in [3.05, 3.63) is 111 Å². The van der Waals surface area contributed by atoms with Gasteiger partial charge in [-0.15, -0.1) is 11.3 Å². The van der Waals surface area contributed by atoms with Crippen LogP contribution in [0.5, 0.6) is 0 Å². The molecule has 1 heterocycles. The lowest BCUT2D eigenvalue weighted by Crippen LogP contribution is -2.40. The quantitative estimate of drug-likeness (QED) is 0.0780. The summed E-state index contributed by atoms with van der Waals surface area (Å²) in [7, 11) is -3.74. The van der Waals surface area contributed by atoms with Gasteiger partial charge in [-0.2, -0.15) is 0 Å². The minimum Gasteiger partial charge on any atom is -0.347 e. The smallest absolute Gasteiger partial charge is 0.259 e. The fraction of sp³-hybridized carbons (Fsp3) is 0.172. The van der Waals surface area contributed by atoms with E-state index in [2.05, 4.69) is 15.0 Å². The van der Waals surface area contributed by atoms with Gasteiger partial charge in [-0.25, -0.2) is 17.6 Å². The van der Waals surface area contributed by atoms with Crippen LogP contribution in [0.15, 0.2) is 89.1 Å². The maximum Gasteiger partial charge on any atom is 0.259 e. The number of sulfone groups is 1. The first kappa shape index (κ1) is 32.2. The fourth-order valence-corrected chi connectivity index (χ4v) is 7.18. The molecule has 1 aromatic heterocycles. The molecule has 3 atom stereocenters. The number of amides is 1. The third-order valence-corrected chi connectivity index (χ3v) is 9.74. The van der Waals surface area contributed by atoms with Crippen molar-refractivity contribution in [2.45, 2.75) is 29.5 Å². The third kappa shape index (κ3) is 9.12. The van der Waals surface area contributed by atoms with E-state index in [1.165, 1.54) is 24.3 Å². The van der Waals surface area contributed by atoms with Gasteiger partial charge in [0.15, 0.2) is 16.1 Å². The second kappa shape index (κ2) is 14.6. The zero-order chi connectivity index (χ0) is 31.0. The van der Waals surface area contributed by atoms with Crippen LogP contribution in [0.25, 0.3) is 0 Å². The number of Topliss-reactive ketones (excluding diaryl/α,β-unsaturated/α-hetero) is 1. The molecule has 14 heteroatoms. The van der Waals surface area contributed by atoms with Crippen molar-refractivity contribution in [1.29, 1.82) is 0 Å². The number of hydrogen-bond donors (Lipinski definition) is 3. The summed E-state index contributed by atoms with van der Waals surface area (Å²) in [6.45, 7) is 0. The minimum absolute atomic E-state index is 0.0112. The molecule has 3 N–H and O–H groups in total. The van der Waals surface area contributed by atoms with Crippen molar-refractivity contribution in [3.8, 4) is 0 Å². The molecule has 224 valence electrons. The molecule has 1 amide bonds. The van der Waals surface area contributed by atoms with Gasteiger partial charge in [0.25, 0.3) is 11.3 Å². The molecule has 43 heavy (non-hydrogen) atoms. The number of aromatic nitrogens is 1. The van der Waals surface area contributed by atoms with Crippen LogP contribution in [0.2, 0.25) is 5.02 Å². The summed E-state index contributed by atoms with van der Waals surface area (Å²) in [5.74, 6) is -3.21. The highest BCUT2D eigenvalue weighted by atomic mass is 35.5. The summed E-state index contributed by atoms with van der Waals surface area (Å²) in [6, 6.07) is 20.4. The Morgan fingerprint density at radius 3 is 2.26 bits per heavy atom. The Bertz CT molecular complexity index is 1710. The molecule has 10 nitrogen and oxygen atoms in total. The number of carbonyl (C=O) groups is 3. The van der Waals surface area contributed by atoms with Crippen LogP contribution in [-0.2, 0) is 54.1 Å². The van der Waals surface area contributed by atoms with Gasteiger partial charge in [0.2, 0.25) is 11.7 Å². The van der Waals surface area contributed by atoms with Crippen LogP contribution in [-0.4, -0.2) is 40.1 Å². The van der Waals surface area contributed by atoms with E-state index < -0.39 is 44.8 Å². The van der Waals surface area contributed by atoms with Gasteiger partial charge in [0, 0.05) is 16.1 Å². The number of nitrogens with one attached hydrogen (secondary N) is 2. The van der Waals surface area contributed by atoms with Crippen molar-refractivity contribution in [2.24, 2.45) is 5.92 Å². The zero-order valence-corrected chi connectivity index (χ0v) is 25.6. The van der Waals surface area contributed by atoms with Crippen LogP contribution in [0.4, 0.5) is 5.69 Å². The number of carbonyl (C=O) groups excluding carboxylic acids is 3. The molecular weight excluding hydrogens is 634 g/mol. The maximum absolute atomic E-state index is 13.5. The molecular formula is C29H26ClN3O7S3. The normalized spacial score (nSPS) is 13.4. The van der Waals surface area contributed by atoms with Crippen LogP contribution < -0.4 is 10.0 Å². The van der Waals surface area contributed by atoms with E-state index in [4.69, 9.17) is 16.2 Å². The number of rotatable bonds is 14. The van der Waals surface area contributed by atoms with E-state index in [0.717, 1.165) is 11.3 Å². The first-order valence-corrected chi connectivity index (χ1v) is 16.8. The highest BCUT2D eigenvalue weighted by Crippen LogP contribution is 2.26. The van der Waals surface area contributed by atoms with Gasteiger partial charge in [-0.05, 0) is 60.4 Å². The van der Waals surface area contributed by atoms with Crippen molar-refractivity contribution in [2.75, 3.05) is 4.72 Å². The first-order valence-electron chi connectivity index (χ1n) is 12.8. The van der Waals surface area contributed by atoms with Gasteiger partial charge >= 0.3 is 0 Å². The minimum atomic E-state index is -3.74. The fourth-order valence-electron chi connectivity index (χ4n) is 4.24. The zero-order valence-electron chi connectivity index (χ0n) is 22.4. The second-order valence-corrected chi connectivity index (χ2v) is 13.5. The summed E-state index contributed by atoms with van der Waals surface area (Å²) in [5, 5.41) is 5.17. The molecule has 0 aliphatic heterocycles. The number of anilines is 1. The molecule has 4 aromatic rings. The number of aldehydes is 1. The predicted molar refractivity (Wildman–Crippen MR) is 165 cm³/mol. The Morgan fingerprint density at radius 2 is 1.63 bits per heavy atom. The Hall–Kier alpha value is -3.75. The highest BCUT2D eigenvalue weighted by Gasteiger charge is 2.30. The summed E-state index contributed by atoms with van der Waals surface area (Å²) in [5.41, 5.74) is 2.18. The molecule has 0 aliphatic carbocycles. The SMILES string of the molecule is O=CC(=O)[C@@H](Cc1ccccc1)C(=O)N[C@@H](Cc1ccc(NS(=O)O)cc1)c1csc(CS(=O)(=O)c2ccc(Cl)cc2)n1. The molecule has 0 saturated heterocycles. The predicted octanol–water partition coefficient (Wildman–Crippen LogP) is 4.35. The lowest BCUT2D eigenvalue weighted by molar-refractivity contribution is -0.139. The Morgan fingerprint density at radius 1 is 0.977 bits per heavy atom. The molecule has 0 saturated carbocycles. The van der Waals surface area contributed by atoms with Crippen LogP contribution >= 0.6 is 22.9 Å². The van der Waals surface area contributed by atoms with Gasteiger partial charge in [-0.1, -0.05) is 54.1 Å². The number of halogens is 1. The molecule has 0 fully saturated rings. The maximum atomic E-state index is 13.5. The number of ketones is 1. The largest absolute Gasteiger partial charge is 0.347 e. The van der Waals surface area contributed by atoms with E-state index in [9.17, 15) is 27.0 Å². The van der Waals surface area contributed by atoms with Crippen LogP contribution in [0.3, 0.4) is 0 Å². The number of benzene rings is 3. The van der Waals surface area contributed by atoms with Crippen molar-refractivity contribution in [3.63, 3.8) is 0 Å². The van der Waals surface area contributed by atoms with E-state index in [-0.39, 0.29) is 29.8 Å². The Balaban J connectivity index is 1.60. The van der Waals surface area contributed by atoms with E-state index in [1.54, 1.807) is 60.0 Å². The van der Waals surface area contributed by atoms with Crippen molar-refractivity contribution < 1.29 is 31.6 Å². The Kier molecular flexibility index (Phi) is 10.9. The monoisotopic (exact) mass is 659 g/mol. The average molecular weight is 660 g/mol. The van der Waals surface area contributed by atoms with E-state index in [1.807, 2.05) is 0 Å². The highest BCUT2D eigenvalue weighted by molar-refractivity contribution is 7.90. The van der Waals surface area contributed by atoms with Crippen molar-refractivity contribution >= 4 is 67.7 Å². The van der Waals surface area contributed by atoms with E-state index >= 15 is 0 Å². The van der Waals surface area contributed by atoms with Crippen LogP contribution in [0, 0.1) is 5.92 Å². The van der Waals surface area contributed by atoms with Crippen molar-refractivity contribution in [1.82, 2.24) is 10.3 Å². The summed E-state index contributed by atoms with van der Waals surface area (Å²) in [6.07, 6.45) is 0.327. The number of hydrogen-bond acceptors (Lipinski definition) is 8. The molecule has 0 radical (unpaired) electrons. The van der Waals surface area contributed by atoms with E-state index in [0.29, 0.717) is 32.5 Å². The summed E-state index contributed by atoms with van der Waals surface area (Å²) >= 11 is 4.74. The van der Waals surface area contributed by atoms with Gasteiger partial charge in [0.1, 0.15) is 16.7 Å².